The summed E-state index contributed by atoms with van der Waals surface area (Å²) in [7, 11) is 1.46. The quantitative estimate of drug-likeness (QED) is 0.393. The molecule has 138 valence electrons. The van der Waals surface area contributed by atoms with Crippen LogP contribution in [0, 0.1) is 3.57 Å². The Kier molecular flexibility index (Phi) is 6.47. The van der Waals surface area contributed by atoms with Gasteiger partial charge in [0.2, 0.25) is 0 Å². The summed E-state index contributed by atoms with van der Waals surface area (Å²) >= 11 is 2.03. The van der Waals surface area contributed by atoms with Crippen molar-refractivity contribution in [2.75, 3.05) is 7.11 Å². The Morgan fingerprint density at radius 3 is 2.58 bits per heavy atom. The molecule has 2 rings (SSSR count). The van der Waals surface area contributed by atoms with Gasteiger partial charge in [-0.2, -0.15) is 0 Å². The molecule has 0 aromatic heterocycles. The van der Waals surface area contributed by atoms with Crippen LogP contribution in [-0.2, 0) is 0 Å². The zero-order chi connectivity index (χ0) is 19.4. The zero-order valence-electron chi connectivity index (χ0n) is 14.5. The first-order valence-electron chi connectivity index (χ1n) is 7.93. The molecule has 1 N–H and O–H groups in total. The number of esters is 1. The van der Waals surface area contributed by atoms with Gasteiger partial charge in [0.15, 0.2) is 11.5 Å². The molecule has 6 nitrogen and oxygen atoms in total. The highest BCUT2D eigenvalue weighted by Crippen LogP contribution is 2.37. The average molecular weight is 469 g/mol. The fourth-order valence-corrected chi connectivity index (χ4v) is 3.16. The summed E-state index contributed by atoms with van der Waals surface area (Å²) in [6, 6.07) is 7.34. The van der Waals surface area contributed by atoms with Crippen molar-refractivity contribution < 1.29 is 29.3 Å². The minimum Gasteiger partial charge on any atom is -0.872 e. The topological polar surface area (TPSA) is 95.9 Å². The molecule has 0 spiro atoms. The molecule has 0 amide bonds. The van der Waals surface area contributed by atoms with E-state index >= 15 is 0 Å². The van der Waals surface area contributed by atoms with Gasteiger partial charge in [-0.05, 0) is 58.7 Å². The van der Waals surface area contributed by atoms with Crippen molar-refractivity contribution in [2.45, 2.75) is 26.2 Å². The first-order chi connectivity index (χ1) is 12.3. The first-order valence-corrected chi connectivity index (χ1v) is 9.00. The highest BCUT2D eigenvalue weighted by Gasteiger charge is 2.22. The molecule has 26 heavy (non-hydrogen) atoms. The zero-order valence-corrected chi connectivity index (χ0v) is 16.7. The fraction of sp³-hybridized carbons (Fsp3) is 0.263. The molecule has 2 aromatic rings. The van der Waals surface area contributed by atoms with Crippen molar-refractivity contribution >= 4 is 34.5 Å². The van der Waals surface area contributed by atoms with Gasteiger partial charge in [-0.3, -0.25) is 0 Å². The maximum Gasteiger partial charge on any atom is 0.344 e. The first kappa shape index (κ1) is 20.0. The van der Waals surface area contributed by atoms with E-state index in [4.69, 9.17) is 9.47 Å². The molecular formula is C19H18IO6-. The molecule has 0 saturated heterocycles. The number of carboxylic acids is 1. The smallest absolute Gasteiger partial charge is 0.344 e. The van der Waals surface area contributed by atoms with Gasteiger partial charge in [-0.25, -0.2) is 9.59 Å². The lowest BCUT2D eigenvalue weighted by molar-refractivity contribution is -0.268. The number of hydrogen-bond donors (Lipinski definition) is 1. The van der Waals surface area contributed by atoms with Crippen LogP contribution in [-0.4, -0.2) is 24.2 Å². The third-order valence-electron chi connectivity index (χ3n) is 4.09. The molecule has 0 fully saturated rings. The molecule has 1 atom stereocenters. The molecular weight excluding hydrogens is 451 g/mol. The van der Waals surface area contributed by atoms with Crippen LogP contribution in [0.3, 0.4) is 0 Å². The van der Waals surface area contributed by atoms with Gasteiger partial charge in [0, 0.05) is 0 Å². The van der Waals surface area contributed by atoms with Crippen LogP contribution in [0.2, 0.25) is 0 Å². The van der Waals surface area contributed by atoms with E-state index < -0.39 is 23.3 Å². The number of carboxylic acid groups (broad SMARTS) is 1. The number of benzene rings is 2. The second kappa shape index (κ2) is 8.39. The van der Waals surface area contributed by atoms with Crippen molar-refractivity contribution in [1.82, 2.24) is 0 Å². The Bertz CT molecular complexity index is 846. The summed E-state index contributed by atoms with van der Waals surface area (Å²) in [5.41, 5.74) is 0.137. The van der Waals surface area contributed by atoms with Gasteiger partial charge < -0.3 is 19.7 Å². The number of rotatable bonds is 6. The van der Waals surface area contributed by atoms with Gasteiger partial charge >= 0.3 is 11.9 Å². The van der Waals surface area contributed by atoms with E-state index in [9.17, 15) is 19.8 Å². The average Bonchev–Trinajstić information content (AvgIpc) is 2.61. The summed E-state index contributed by atoms with van der Waals surface area (Å²) in [5, 5.41) is 21.0. The summed E-state index contributed by atoms with van der Waals surface area (Å²) in [6.07, 6.45) is 0.941. The van der Waals surface area contributed by atoms with E-state index in [0.29, 0.717) is 15.2 Å². The third-order valence-corrected chi connectivity index (χ3v) is 4.89. The Morgan fingerprint density at radius 2 is 2.00 bits per heavy atom. The molecule has 0 radical (unpaired) electrons. The second-order valence-corrected chi connectivity index (χ2v) is 6.88. The Hall–Kier alpha value is -2.29. The highest BCUT2D eigenvalue weighted by molar-refractivity contribution is 14.1. The largest absolute Gasteiger partial charge is 0.872 e. The van der Waals surface area contributed by atoms with Gasteiger partial charge in [0.25, 0.3) is 0 Å². The predicted molar refractivity (Wildman–Crippen MR) is 102 cm³/mol. The van der Waals surface area contributed by atoms with Crippen molar-refractivity contribution in [3.05, 3.63) is 50.6 Å². The van der Waals surface area contributed by atoms with E-state index in [-0.39, 0.29) is 11.3 Å². The number of carbonyl (C=O) groups excluding carboxylic acids is 1. The van der Waals surface area contributed by atoms with Gasteiger partial charge in [0.1, 0.15) is 0 Å². The minimum absolute atomic E-state index is 0.192. The molecule has 0 saturated carbocycles. The lowest BCUT2D eigenvalue weighted by atomic mass is 9.98. The maximum absolute atomic E-state index is 12.5. The van der Waals surface area contributed by atoms with Crippen molar-refractivity contribution in [2.24, 2.45) is 0 Å². The summed E-state index contributed by atoms with van der Waals surface area (Å²) in [4.78, 5) is 23.8. The van der Waals surface area contributed by atoms with Crippen molar-refractivity contribution in [3.8, 4) is 17.2 Å². The molecule has 0 aliphatic heterocycles. The van der Waals surface area contributed by atoms with E-state index in [1.54, 1.807) is 6.07 Å². The molecule has 2 aromatic carbocycles. The Balaban J connectivity index is 2.45. The number of ether oxygens (including phenoxy) is 2. The Labute approximate surface area is 164 Å². The standard InChI is InChI=1S/C19H19IO6/c1-4-10(2)11-8-13(20)17(15(9-11)25-3)26-19(24)12-6-5-7-14(21)16(12)18(22)23/h5-10,21H,4H2,1-3H3,(H,22,23)/p-1. The Morgan fingerprint density at radius 1 is 1.31 bits per heavy atom. The second-order valence-electron chi connectivity index (χ2n) is 5.72. The van der Waals surface area contributed by atoms with Crippen LogP contribution in [0.15, 0.2) is 30.3 Å². The van der Waals surface area contributed by atoms with Crippen LogP contribution < -0.4 is 14.6 Å². The van der Waals surface area contributed by atoms with E-state index in [0.717, 1.165) is 18.1 Å². The molecule has 0 bridgehead atoms. The summed E-state index contributed by atoms with van der Waals surface area (Å²) < 4.78 is 11.4. The molecule has 0 aliphatic rings. The van der Waals surface area contributed by atoms with Crippen LogP contribution in [0.25, 0.3) is 0 Å². The number of halogens is 1. The fourth-order valence-electron chi connectivity index (χ4n) is 2.43. The van der Waals surface area contributed by atoms with Crippen molar-refractivity contribution in [3.63, 3.8) is 0 Å². The van der Waals surface area contributed by atoms with Gasteiger partial charge in [-0.1, -0.05) is 31.7 Å². The number of aromatic carboxylic acids is 1. The summed E-state index contributed by atoms with van der Waals surface area (Å²) in [5.74, 6) is -2.28. The lowest BCUT2D eigenvalue weighted by Gasteiger charge is -2.17. The molecule has 7 heteroatoms. The minimum atomic E-state index is -1.48. The van der Waals surface area contributed by atoms with Crippen LogP contribution >= 0.6 is 22.6 Å². The third kappa shape index (κ3) is 4.09. The highest BCUT2D eigenvalue weighted by atomic mass is 127. The normalized spacial score (nSPS) is 11.7. The maximum atomic E-state index is 12.5. The van der Waals surface area contributed by atoms with Crippen molar-refractivity contribution in [1.29, 1.82) is 0 Å². The molecule has 0 heterocycles. The van der Waals surface area contributed by atoms with Gasteiger partial charge in [0.05, 0.1) is 21.8 Å². The van der Waals surface area contributed by atoms with Crippen LogP contribution in [0.5, 0.6) is 17.2 Å². The lowest BCUT2D eigenvalue weighted by Crippen LogP contribution is -2.17. The molecule has 1 unspecified atom stereocenters. The number of carbonyl (C=O) groups is 2. The van der Waals surface area contributed by atoms with E-state index in [1.807, 2.05) is 28.7 Å². The summed E-state index contributed by atoms with van der Waals surface area (Å²) in [6.45, 7) is 4.15. The van der Waals surface area contributed by atoms with Gasteiger partial charge in [-0.15, -0.1) is 0 Å². The van der Waals surface area contributed by atoms with E-state index in [2.05, 4.69) is 13.8 Å². The van der Waals surface area contributed by atoms with Crippen LogP contribution in [0.1, 0.15) is 52.5 Å². The molecule has 0 aliphatic carbocycles. The monoisotopic (exact) mass is 469 g/mol. The van der Waals surface area contributed by atoms with Crippen LogP contribution in [0.4, 0.5) is 0 Å². The number of hydrogen-bond acceptors (Lipinski definition) is 5. The number of methoxy groups -OCH3 is 1. The SMILES string of the molecule is CCC(C)c1cc(I)c(OC(=O)c2cccc([O-])c2C(=O)O)c(OC)c1. The predicted octanol–water partition coefficient (Wildman–Crippen LogP) is 3.80. The van der Waals surface area contributed by atoms with E-state index in [1.165, 1.54) is 19.2 Å².